The second-order valence-electron chi connectivity index (χ2n) is 7.60. The van der Waals surface area contributed by atoms with E-state index in [1.165, 1.54) is 4.31 Å². The van der Waals surface area contributed by atoms with Crippen LogP contribution in [0.2, 0.25) is 0 Å². The number of piperidine rings is 1. The third kappa shape index (κ3) is 5.46. The van der Waals surface area contributed by atoms with Gasteiger partial charge in [-0.2, -0.15) is 0 Å². The highest BCUT2D eigenvalue weighted by molar-refractivity contribution is 7.88. The Bertz CT molecular complexity index is 1010. The van der Waals surface area contributed by atoms with E-state index < -0.39 is 15.9 Å². The monoisotopic (exact) mass is 429 g/mol. The number of para-hydroxylation sites is 1. The molecule has 0 saturated carbocycles. The van der Waals surface area contributed by atoms with E-state index in [4.69, 9.17) is 0 Å². The van der Waals surface area contributed by atoms with Crippen LogP contribution in [0.5, 0.6) is 0 Å². The smallest absolute Gasteiger partial charge is 0.253 e. The van der Waals surface area contributed by atoms with E-state index in [0.717, 1.165) is 11.8 Å². The van der Waals surface area contributed by atoms with E-state index in [1.807, 2.05) is 37.3 Å². The van der Waals surface area contributed by atoms with Crippen molar-refractivity contribution in [3.8, 4) is 0 Å². The topological polar surface area (TPSA) is 95.6 Å². The van der Waals surface area contributed by atoms with Crippen LogP contribution in [0.4, 0.5) is 5.69 Å². The molecule has 0 bridgehead atoms. The molecule has 0 spiro atoms. The van der Waals surface area contributed by atoms with Gasteiger partial charge < -0.3 is 10.6 Å². The number of anilines is 1. The highest BCUT2D eigenvalue weighted by Gasteiger charge is 2.30. The standard InChI is InChI=1S/C22H27N3O4S/c1-16(17-9-4-3-5-10-17)23-22(27)19-12-6-7-13-20(19)24-21(26)18-11-8-14-25(15-18)30(2,28)29/h3-7,9-10,12-13,16,18H,8,11,14-15H2,1-2H3,(H,23,27)(H,24,26)/t16-,18-/m0/s1. The summed E-state index contributed by atoms with van der Waals surface area (Å²) >= 11 is 0. The molecule has 7 nitrogen and oxygen atoms in total. The Morgan fingerprint density at radius 3 is 2.43 bits per heavy atom. The van der Waals surface area contributed by atoms with E-state index in [-0.39, 0.29) is 24.4 Å². The fourth-order valence-electron chi connectivity index (χ4n) is 3.58. The van der Waals surface area contributed by atoms with Gasteiger partial charge in [-0.1, -0.05) is 42.5 Å². The molecule has 0 aromatic heterocycles. The minimum Gasteiger partial charge on any atom is -0.345 e. The lowest BCUT2D eigenvalue weighted by atomic mass is 9.98. The third-order valence-corrected chi connectivity index (χ3v) is 6.57. The Morgan fingerprint density at radius 1 is 1.07 bits per heavy atom. The van der Waals surface area contributed by atoms with Crippen molar-refractivity contribution < 1.29 is 18.0 Å². The van der Waals surface area contributed by atoms with Crippen molar-refractivity contribution in [3.63, 3.8) is 0 Å². The summed E-state index contributed by atoms with van der Waals surface area (Å²) in [7, 11) is -3.34. The Morgan fingerprint density at radius 2 is 1.73 bits per heavy atom. The predicted octanol–water partition coefficient (Wildman–Crippen LogP) is 2.79. The summed E-state index contributed by atoms with van der Waals surface area (Å²) in [6.45, 7) is 2.49. The molecule has 1 heterocycles. The van der Waals surface area contributed by atoms with Crippen LogP contribution in [0.25, 0.3) is 0 Å². The lowest BCUT2D eigenvalue weighted by Gasteiger charge is -2.30. The van der Waals surface area contributed by atoms with E-state index in [1.54, 1.807) is 24.3 Å². The molecule has 1 aliphatic heterocycles. The molecule has 1 fully saturated rings. The minimum atomic E-state index is -3.34. The van der Waals surface area contributed by atoms with Crippen molar-refractivity contribution in [3.05, 3.63) is 65.7 Å². The first-order chi connectivity index (χ1) is 14.3. The zero-order chi connectivity index (χ0) is 21.7. The van der Waals surface area contributed by atoms with E-state index in [9.17, 15) is 18.0 Å². The number of nitrogens with one attached hydrogen (secondary N) is 2. The van der Waals surface area contributed by atoms with Crippen LogP contribution in [-0.2, 0) is 14.8 Å². The first-order valence-corrected chi connectivity index (χ1v) is 11.8. The van der Waals surface area contributed by atoms with Gasteiger partial charge in [0.15, 0.2) is 0 Å². The quantitative estimate of drug-likeness (QED) is 0.738. The number of carbonyl (C=O) groups excluding carboxylic acids is 2. The number of sulfonamides is 1. The molecule has 0 unspecified atom stereocenters. The second kappa shape index (κ2) is 9.40. The van der Waals surface area contributed by atoms with Gasteiger partial charge in [-0.3, -0.25) is 9.59 Å². The van der Waals surface area contributed by atoms with Gasteiger partial charge >= 0.3 is 0 Å². The van der Waals surface area contributed by atoms with Crippen molar-refractivity contribution in [2.45, 2.75) is 25.8 Å². The molecule has 8 heteroatoms. The molecule has 2 aromatic rings. The first kappa shape index (κ1) is 22.0. The molecule has 3 rings (SSSR count). The van der Waals surface area contributed by atoms with Crippen molar-refractivity contribution in [2.75, 3.05) is 24.7 Å². The molecular formula is C22H27N3O4S. The molecule has 0 aliphatic carbocycles. The highest BCUT2D eigenvalue weighted by Crippen LogP contribution is 2.23. The van der Waals surface area contributed by atoms with Gasteiger partial charge in [-0.15, -0.1) is 0 Å². The van der Waals surface area contributed by atoms with Crippen molar-refractivity contribution in [1.82, 2.24) is 9.62 Å². The van der Waals surface area contributed by atoms with Crippen molar-refractivity contribution >= 4 is 27.5 Å². The van der Waals surface area contributed by atoms with Crippen molar-refractivity contribution in [2.24, 2.45) is 5.92 Å². The van der Waals surface area contributed by atoms with Gasteiger partial charge in [0.2, 0.25) is 15.9 Å². The maximum atomic E-state index is 12.8. The summed E-state index contributed by atoms with van der Waals surface area (Å²) in [6.07, 6.45) is 2.39. The van der Waals surface area contributed by atoms with Crippen LogP contribution < -0.4 is 10.6 Å². The SMILES string of the molecule is C[C@H](NC(=O)c1ccccc1NC(=O)[C@H]1CCCN(S(C)(=O)=O)C1)c1ccccc1. The average Bonchev–Trinajstić information content (AvgIpc) is 2.74. The van der Waals surface area contributed by atoms with Gasteiger partial charge in [0.1, 0.15) is 0 Å². The summed E-state index contributed by atoms with van der Waals surface area (Å²) < 4.78 is 25.0. The summed E-state index contributed by atoms with van der Waals surface area (Å²) in [5.41, 5.74) is 1.76. The molecule has 30 heavy (non-hydrogen) atoms. The summed E-state index contributed by atoms with van der Waals surface area (Å²) in [5, 5.41) is 5.78. The van der Waals surface area contributed by atoms with Crippen LogP contribution in [0.1, 0.15) is 41.7 Å². The number of amides is 2. The van der Waals surface area contributed by atoms with Gasteiger partial charge in [-0.25, -0.2) is 12.7 Å². The summed E-state index contributed by atoms with van der Waals surface area (Å²) in [6, 6.07) is 16.3. The number of hydrogen-bond acceptors (Lipinski definition) is 4. The Balaban J connectivity index is 1.70. The maximum Gasteiger partial charge on any atom is 0.253 e. The molecule has 2 N–H and O–H groups in total. The van der Waals surface area contributed by atoms with E-state index >= 15 is 0 Å². The normalized spacial score (nSPS) is 18.4. The minimum absolute atomic E-state index is 0.157. The van der Waals surface area contributed by atoms with Gasteiger partial charge in [0, 0.05) is 13.1 Å². The Hall–Kier alpha value is -2.71. The number of nitrogens with zero attached hydrogens (tertiary/aromatic N) is 1. The fourth-order valence-corrected chi connectivity index (χ4v) is 4.49. The van der Waals surface area contributed by atoms with Crippen LogP contribution in [0.3, 0.4) is 0 Å². The lowest BCUT2D eigenvalue weighted by Crippen LogP contribution is -2.43. The summed E-state index contributed by atoms with van der Waals surface area (Å²) in [4.78, 5) is 25.6. The number of benzene rings is 2. The maximum absolute atomic E-state index is 12.8. The van der Waals surface area contributed by atoms with Gasteiger partial charge in [0.05, 0.1) is 29.5 Å². The Labute approximate surface area is 177 Å². The average molecular weight is 430 g/mol. The molecule has 1 aliphatic rings. The predicted molar refractivity (Wildman–Crippen MR) is 117 cm³/mol. The largest absolute Gasteiger partial charge is 0.345 e. The highest BCUT2D eigenvalue weighted by atomic mass is 32.2. The van der Waals surface area contributed by atoms with E-state index in [0.29, 0.717) is 30.6 Å². The first-order valence-electron chi connectivity index (χ1n) is 9.96. The molecular weight excluding hydrogens is 402 g/mol. The van der Waals surface area contributed by atoms with Crippen LogP contribution in [-0.4, -0.2) is 43.9 Å². The van der Waals surface area contributed by atoms with Gasteiger partial charge in [0.25, 0.3) is 5.91 Å². The lowest BCUT2D eigenvalue weighted by molar-refractivity contribution is -0.120. The molecule has 0 radical (unpaired) electrons. The summed E-state index contributed by atoms with van der Waals surface area (Å²) in [5.74, 6) is -1.02. The van der Waals surface area contributed by atoms with Crippen LogP contribution in [0, 0.1) is 5.92 Å². The second-order valence-corrected chi connectivity index (χ2v) is 9.58. The molecule has 160 valence electrons. The molecule has 1 saturated heterocycles. The molecule has 2 aromatic carbocycles. The zero-order valence-electron chi connectivity index (χ0n) is 17.2. The van der Waals surface area contributed by atoms with Gasteiger partial charge in [-0.05, 0) is 37.5 Å². The Kier molecular flexibility index (Phi) is 6.89. The number of carbonyl (C=O) groups is 2. The zero-order valence-corrected chi connectivity index (χ0v) is 18.0. The van der Waals surface area contributed by atoms with Crippen LogP contribution in [0.15, 0.2) is 54.6 Å². The van der Waals surface area contributed by atoms with Crippen LogP contribution >= 0.6 is 0 Å². The number of rotatable bonds is 6. The fraction of sp³-hybridized carbons (Fsp3) is 0.364. The number of hydrogen-bond donors (Lipinski definition) is 2. The third-order valence-electron chi connectivity index (χ3n) is 5.30. The molecule has 2 atom stereocenters. The van der Waals surface area contributed by atoms with Crippen molar-refractivity contribution in [1.29, 1.82) is 0 Å². The molecule has 2 amide bonds. The van der Waals surface area contributed by atoms with E-state index in [2.05, 4.69) is 10.6 Å².